The number of carbonyl (C=O) groups excluding carboxylic acids is 1. The molecule has 0 saturated carbocycles. The van der Waals surface area contributed by atoms with Crippen LogP contribution in [0.1, 0.15) is 19.4 Å². The van der Waals surface area contributed by atoms with E-state index < -0.39 is 6.04 Å². The van der Waals surface area contributed by atoms with Crippen LogP contribution in [0.5, 0.6) is 0 Å². The van der Waals surface area contributed by atoms with E-state index in [1.54, 1.807) is 13.0 Å². The summed E-state index contributed by atoms with van der Waals surface area (Å²) >= 11 is 0. The predicted octanol–water partition coefficient (Wildman–Crippen LogP) is 2.06. The van der Waals surface area contributed by atoms with Crippen molar-refractivity contribution in [3.05, 3.63) is 29.6 Å². The summed E-state index contributed by atoms with van der Waals surface area (Å²) in [6.45, 7) is 5.40. The van der Waals surface area contributed by atoms with Crippen LogP contribution in [0.3, 0.4) is 0 Å². The molecule has 0 aromatic heterocycles. The zero-order chi connectivity index (χ0) is 12.3. The fraction of sp³-hybridized carbons (Fsp3) is 0.417. The summed E-state index contributed by atoms with van der Waals surface area (Å²) in [5, 5.41) is 2.66. The standard InChI is InChI=1S/C12H17FN2O/c1-7(2)11(14)12(16)15-9-4-5-10(13)8(3)6-9/h4-7,11H,14H2,1-3H3,(H,15,16). The first-order valence-electron chi connectivity index (χ1n) is 5.24. The second-order valence-corrected chi connectivity index (χ2v) is 4.22. The number of hydrogen-bond acceptors (Lipinski definition) is 2. The molecule has 4 heteroatoms. The Balaban J connectivity index is 2.74. The summed E-state index contributed by atoms with van der Waals surface area (Å²) < 4.78 is 13.0. The molecule has 0 saturated heterocycles. The van der Waals surface area contributed by atoms with Crippen LogP contribution in [-0.2, 0) is 4.79 Å². The Hall–Kier alpha value is -1.42. The van der Waals surface area contributed by atoms with E-state index in [1.165, 1.54) is 12.1 Å². The van der Waals surface area contributed by atoms with Gasteiger partial charge < -0.3 is 11.1 Å². The molecule has 16 heavy (non-hydrogen) atoms. The van der Waals surface area contributed by atoms with Gasteiger partial charge in [-0.15, -0.1) is 0 Å². The van der Waals surface area contributed by atoms with Gasteiger partial charge in [0.2, 0.25) is 5.91 Å². The van der Waals surface area contributed by atoms with E-state index in [2.05, 4.69) is 5.32 Å². The highest BCUT2D eigenvalue weighted by Gasteiger charge is 2.17. The van der Waals surface area contributed by atoms with Gasteiger partial charge >= 0.3 is 0 Å². The van der Waals surface area contributed by atoms with Crippen molar-refractivity contribution in [3.8, 4) is 0 Å². The van der Waals surface area contributed by atoms with E-state index in [9.17, 15) is 9.18 Å². The molecule has 0 heterocycles. The summed E-state index contributed by atoms with van der Waals surface area (Å²) in [5.74, 6) is -0.464. The first-order chi connectivity index (χ1) is 7.41. The molecular weight excluding hydrogens is 207 g/mol. The van der Waals surface area contributed by atoms with Gasteiger partial charge in [0.05, 0.1) is 6.04 Å². The lowest BCUT2D eigenvalue weighted by molar-refractivity contribution is -0.118. The van der Waals surface area contributed by atoms with E-state index in [0.29, 0.717) is 11.3 Å². The van der Waals surface area contributed by atoms with Crippen LogP contribution in [0.15, 0.2) is 18.2 Å². The number of halogens is 1. The van der Waals surface area contributed by atoms with Gasteiger partial charge in [0.25, 0.3) is 0 Å². The molecule has 1 rings (SSSR count). The minimum atomic E-state index is -0.551. The Morgan fingerprint density at radius 3 is 2.56 bits per heavy atom. The molecular formula is C12H17FN2O. The van der Waals surface area contributed by atoms with Gasteiger partial charge in [-0.3, -0.25) is 4.79 Å². The average molecular weight is 224 g/mol. The van der Waals surface area contributed by atoms with E-state index in [0.717, 1.165) is 0 Å². The average Bonchev–Trinajstić information content (AvgIpc) is 2.22. The summed E-state index contributed by atoms with van der Waals surface area (Å²) in [4.78, 5) is 11.6. The van der Waals surface area contributed by atoms with Crippen LogP contribution in [-0.4, -0.2) is 11.9 Å². The van der Waals surface area contributed by atoms with E-state index in [-0.39, 0.29) is 17.6 Å². The Labute approximate surface area is 94.8 Å². The van der Waals surface area contributed by atoms with Crippen molar-refractivity contribution >= 4 is 11.6 Å². The number of anilines is 1. The third-order valence-electron chi connectivity index (χ3n) is 2.45. The molecule has 0 bridgehead atoms. The van der Waals surface area contributed by atoms with Crippen molar-refractivity contribution in [1.29, 1.82) is 0 Å². The molecule has 1 amide bonds. The van der Waals surface area contributed by atoms with Crippen molar-refractivity contribution < 1.29 is 9.18 Å². The highest BCUT2D eigenvalue weighted by atomic mass is 19.1. The third kappa shape index (κ3) is 3.03. The lowest BCUT2D eigenvalue weighted by atomic mass is 10.0. The molecule has 0 aliphatic heterocycles. The zero-order valence-corrected chi connectivity index (χ0v) is 9.75. The van der Waals surface area contributed by atoms with Crippen molar-refractivity contribution in [2.75, 3.05) is 5.32 Å². The maximum atomic E-state index is 13.0. The highest BCUT2D eigenvalue weighted by molar-refractivity contribution is 5.94. The number of nitrogens with two attached hydrogens (primary N) is 1. The van der Waals surface area contributed by atoms with Gasteiger partial charge in [0.1, 0.15) is 5.82 Å². The Morgan fingerprint density at radius 1 is 1.44 bits per heavy atom. The first kappa shape index (κ1) is 12.6. The number of rotatable bonds is 3. The molecule has 1 unspecified atom stereocenters. The quantitative estimate of drug-likeness (QED) is 0.825. The SMILES string of the molecule is Cc1cc(NC(=O)C(N)C(C)C)ccc1F. The van der Waals surface area contributed by atoms with Gasteiger partial charge in [0.15, 0.2) is 0 Å². The fourth-order valence-corrected chi connectivity index (χ4v) is 1.25. The van der Waals surface area contributed by atoms with Gasteiger partial charge in [-0.2, -0.15) is 0 Å². The molecule has 0 fully saturated rings. The number of carbonyl (C=O) groups is 1. The number of benzene rings is 1. The molecule has 3 nitrogen and oxygen atoms in total. The van der Waals surface area contributed by atoms with E-state index >= 15 is 0 Å². The summed E-state index contributed by atoms with van der Waals surface area (Å²) in [7, 11) is 0. The summed E-state index contributed by atoms with van der Waals surface area (Å²) in [6.07, 6.45) is 0. The molecule has 1 aromatic rings. The number of aryl methyl sites for hydroxylation is 1. The molecule has 88 valence electrons. The highest BCUT2D eigenvalue weighted by Crippen LogP contribution is 2.14. The van der Waals surface area contributed by atoms with Gasteiger partial charge in [-0.05, 0) is 36.6 Å². The summed E-state index contributed by atoms with van der Waals surface area (Å²) in [6, 6.07) is 3.88. The Morgan fingerprint density at radius 2 is 2.06 bits per heavy atom. The molecule has 0 spiro atoms. The van der Waals surface area contributed by atoms with Crippen LogP contribution in [0.4, 0.5) is 10.1 Å². The van der Waals surface area contributed by atoms with Crippen LogP contribution >= 0.6 is 0 Å². The minimum absolute atomic E-state index is 0.0709. The maximum Gasteiger partial charge on any atom is 0.241 e. The molecule has 0 radical (unpaired) electrons. The minimum Gasteiger partial charge on any atom is -0.325 e. The van der Waals surface area contributed by atoms with Crippen LogP contribution in [0.25, 0.3) is 0 Å². The van der Waals surface area contributed by atoms with Gasteiger partial charge in [-0.25, -0.2) is 4.39 Å². The predicted molar refractivity (Wildman–Crippen MR) is 62.6 cm³/mol. The Kier molecular flexibility index (Phi) is 4.01. The van der Waals surface area contributed by atoms with Crippen LogP contribution in [0, 0.1) is 18.7 Å². The van der Waals surface area contributed by atoms with Crippen LogP contribution in [0.2, 0.25) is 0 Å². The van der Waals surface area contributed by atoms with Crippen molar-refractivity contribution in [2.45, 2.75) is 26.8 Å². The zero-order valence-electron chi connectivity index (χ0n) is 9.75. The van der Waals surface area contributed by atoms with Crippen LogP contribution < -0.4 is 11.1 Å². The number of nitrogens with one attached hydrogen (secondary N) is 1. The Bertz CT molecular complexity index is 391. The van der Waals surface area contributed by atoms with Crippen molar-refractivity contribution in [2.24, 2.45) is 11.7 Å². The smallest absolute Gasteiger partial charge is 0.241 e. The number of hydrogen-bond donors (Lipinski definition) is 2. The summed E-state index contributed by atoms with van der Waals surface area (Å²) in [5.41, 5.74) is 6.76. The van der Waals surface area contributed by atoms with E-state index in [4.69, 9.17) is 5.73 Å². The molecule has 0 aliphatic rings. The van der Waals surface area contributed by atoms with E-state index in [1.807, 2.05) is 13.8 Å². The third-order valence-corrected chi connectivity index (χ3v) is 2.45. The first-order valence-corrected chi connectivity index (χ1v) is 5.24. The second-order valence-electron chi connectivity index (χ2n) is 4.22. The largest absolute Gasteiger partial charge is 0.325 e. The second kappa shape index (κ2) is 5.07. The molecule has 1 atom stereocenters. The van der Waals surface area contributed by atoms with Gasteiger partial charge in [0, 0.05) is 5.69 Å². The normalized spacial score (nSPS) is 12.6. The number of amides is 1. The lowest BCUT2D eigenvalue weighted by Crippen LogP contribution is -2.39. The maximum absolute atomic E-state index is 13.0. The monoisotopic (exact) mass is 224 g/mol. The van der Waals surface area contributed by atoms with Gasteiger partial charge in [-0.1, -0.05) is 13.8 Å². The lowest BCUT2D eigenvalue weighted by Gasteiger charge is -2.15. The van der Waals surface area contributed by atoms with Crippen molar-refractivity contribution in [1.82, 2.24) is 0 Å². The molecule has 1 aromatic carbocycles. The topological polar surface area (TPSA) is 55.1 Å². The molecule has 0 aliphatic carbocycles. The van der Waals surface area contributed by atoms with Crippen molar-refractivity contribution in [3.63, 3.8) is 0 Å². The molecule has 3 N–H and O–H groups in total. The fourth-order valence-electron chi connectivity index (χ4n) is 1.25.